The average molecular weight is 289 g/mol. The van der Waals surface area contributed by atoms with Gasteiger partial charge in [0.2, 0.25) is 0 Å². The third kappa shape index (κ3) is 4.12. The van der Waals surface area contributed by atoms with Crippen molar-refractivity contribution in [1.82, 2.24) is 14.9 Å². The Kier molecular flexibility index (Phi) is 4.62. The molecule has 3 rings (SSSR count). The van der Waals surface area contributed by atoms with Gasteiger partial charge in [0.15, 0.2) is 0 Å². The predicted molar refractivity (Wildman–Crippen MR) is 78.3 cm³/mol. The summed E-state index contributed by atoms with van der Waals surface area (Å²) in [5.41, 5.74) is 1.03. The Morgan fingerprint density at radius 3 is 3.19 bits per heavy atom. The van der Waals surface area contributed by atoms with E-state index < -0.39 is 0 Å². The summed E-state index contributed by atoms with van der Waals surface area (Å²) in [6.45, 7) is 4.11. The van der Waals surface area contributed by atoms with Crippen LogP contribution in [0.4, 0.5) is 4.39 Å². The van der Waals surface area contributed by atoms with Gasteiger partial charge >= 0.3 is 0 Å². The van der Waals surface area contributed by atoms with Crippen molar-refractivity contribution in [1.29, 1.82) is 0 Å². The summed E-state index contributed by atoms with van der Waals surface area (Å²) in [7, 11) is 0. The van der Waals surface area contributed by atoms with Gasteiger partial charge in [-0.2, -0.15) is 0 Å². The molecular weight excluding hydrogens is 269 g/mol. The number of aromatic amines is 1. The van der Waals surface area contributed by atoms with Gasteiger partial charge in [0.1, 0.15) is 11.6 Å². The zero-order valence-corrected chi connectivity index (χ0v) is 12.0. The largest absolute Gasteiger partial charge is 0.380 e. The van der Waals surface area contributed by atoms with E-state index in [0.29, 0.717) is 5.92 Å². The standard InChI is InChI=1S/C16H20FN3O/c17-15-3-1-2-13(9-15)8-14-10-20(6-7-21-12-14)11-16-18-4-5-19-16/h1-5,9,14H,6-8,10-12H2,(H,18,19)/t14-/m1/s1. The molecule has 1 aromatic carbocycles. The van der Waals surface area contributed by atoms with Crippen LogP contribution in [-0.4, -0.2) is 41.2 Å². The fourth-order valence-electron chi connectivity index (χ4n) is 2.81. The number of nitrogens with zero attached hydrogens (tertiary/aromatic N) is 2. The van der Waals surface area contributed by atoms with Crippen molar-refractivity contribution in [2.24, 2.45) is 5.92 Å². The Hall–Kier alpha value is -1.72. The summed E-state index contributed by atoms with van der Waals surface area (Å²) in [5.74, 6) is 1.18. The number of imidazole rings is 1. The molecule has 1 N–H and O–H groups in total. The van der Waals surface area contributed by atoms with Gasteiger partial charge in [0.05, 0.1) is 19.8 Å². The molecule has 0 bridgehead atoms. The molecule has 1 aliphatic rings. The molecule has 2 heterocycles. The third-order valence-corrected chi connectivity index (χ3v) is 3.76. The molecule has 0 radical (unpaired) electrons. The fourth-order valence-corrected chi connectivity index (χ4v) is 2.81. The van der Waals surface area contributed by atoms with Gasteiger partial charge in [-0.25, -0.2) is 9.37 Å². The van der Waals surface area contributed by atoms with Gasteiger partial charge < -0.3 is 9.72 Å². The van der Waals surface area contributed by atoms with Crippen LogP contribution in [0.25, 0.3) is 0 Å². The minimum absolute atomic E-state index is 0.172. The second-order valence-electron chi connectivity index (χ2n) is 5.55. The first-order valence-corrected chi connectivity index (χ1v) is 7.32. The SMILES string of the molecule is Fc1cccc(C[C@H]2COCCN(Cc3ncc[nH]3)C2)c1. The fraction of sp³-hybridized carbons (Fsp3) is 0.438. The minimum atomic E-state index is -0.172. The molecule has 1 aliphatic heterocycles. The maximum absolute atomic E-state index is 13.3. The van der Waals surface area contributed by atoms with E-state index in [4.69, 9.17) is 4.74 Å². The number of halogens is 1. The van der Waals surface area contributed by atoms with Crippen molar-refractivity contribution in [2.75, 3.05) is 26.3 Å². The predicted octanol–water partition coefficient (Wildman–Crippen LogP) is 2.24. The summed E-state index contributed by atoms with van der Waals surface area (Å²) in [6.07, 6.45) is 4.45. The minimum Gasteiger partial charge on any atom is -0.380 e. The van der Waals surface area contributed by atoms with E-state index >= 15 is 0 Å². The van der Waals surface area contributed by atoms with Crippen LogP contribution in [-0.2, 0) is 17.7 Å². The molecular formula is C16H20FN3O. The summed E-state index contributed by atoms with van der Waals surface area (Å²) in [4.78, 5) is 9.75. The maximum Gasteiger partial charge on any atom is 0.123 e. The van der Waals surface area contributed by atoms with Crippen molar-refractivity contribution in [2.45, 2.75) is 13.0 Å². The van der Waals surface area contributed by atoms with E-state index in [1.54, 1.807) is 18.3 Å². The molecule has 4 nitrogen and oxygen atoms in total. The monoisotopic (exact) mass is 289 g/mol. The van der Waals surface area contributed by atoms with Crippen molar-refractivity contribution >= 4 is 0 Å². The van der Waals surface area contributed by atoms with E-state index in [0.717, 1.165) is 50.7 Å². The second-order valence-corrected chi connectivity index (χ2v) is 5.55. The lowest BCUT2D eigenvalue weighted by atomic mass is 9.99. The number of hydrogen-bond acceptors (Lipinski definition) is 3. The summed E-state index contributed by atoms with van der Waals surface area (Å²) >= 11 is 0. The van der Waals surface area contributed by atoms with Crippen molar-refractivity contribution in [3.8, 4) is 0 Å². The molecule has 0 unspecified atom stereocenters. The van der Waals surface area contributed by atoms with E-state index in [-0.39, 0.29) is 5.82 Å². The second kappa shape index (κ2) is 6.83. The highest BCUT2D eigenvalue weighted by atomic mass is 19.1. The number of rotatable bonds is 4. The van der Waals surface area contributed by atoms with Crippen LogP contribution in [0.2, 0.25) is 0 Å². The number of hydrogen-bond donors (Lipinski definition) is 1. The average Bonchev–Trinajstić information content (AvgIpc) is 2.86. The first kappa shape index (κ1) is 14.2. The molecule has 0 saturated carbocycles. The normalized spacial score (nSPS) is 20.3. The van der Waals surface area contributed by atoms with Crippen LogP contribution in [0, 0.1) is 11.7 Å². The smallest absolute Gasteiger partial charge is 0.123 e. The number of aromatic nitrogens is 2. The molecule has 1 fully saturated rings. The molecule has 1 atom stereocenters. The summed E-state index contributed by atoms with van der Waals surface area (Å²) in [6, 6.07) is 6.84. The Bertz CT molecular complexity index is 558. The quantitative estimate of drug-likeness (QED) is 0.938. The van der Waals surface area contributed by atoms with Crippen molar-refractivity contribution in [3.05, 3.63) is 53.9 Å². The van der Waals surface area contributed by atoms with Crippen LogP contribution in [0.15, 0.2) is 36.7 Å². The molecule has 0 spiro atoms. The lowest BCUT2D eigenvalue weighted by Gasteiger charge is -2.22. The van der Waals surface area contributed by atoms with E-state index in [2.05, 4.69) is 14.9 Å². The van der Waals surface area contributed by atoms with Gasteiger partial charge in [-0.05, 0) is 30.0 Å². The van der Waals surface area contributed by atoms with Crippen molar-refractivity contribution < 1.29 is 9.13 Å². The van der Waals surface area contributed by atoms with E-state index in [9.17, 15) is 4.39 Å². The number of nitrogens with one attached hydrogen (secondary N) is 1. The van der Waals surface area contributed by atoms with Gasteiger partial charge in [-0.3, -0.25) is 4.90 Å². The summed E-state index contributed by atoms with van der Waals surface area (Å²) < 4.78 is 19.0. The first-order valence-electron chi connectivity index (χ1n) is 7.32. The Morgan fingerprint density at radius 2 is 2.38 bits per heavy atom. The molecule has 0 aliphatic carbocycles. The molecule has 112 valence electrons. The number of ether oxygens (including phenoxy) is 1. The topological polar surface area (TPSA) is 41.1 Å². The molecule has 1 aromatic heterocycles. The maximum atomic E-state index is 13.3. The van der Waals surface area contributed by atoms with Gasteiger partial charge in [0.25, 0.3) is 0 Å². The zero-order chi connectivity index (χ0) is 14.5. The van der Waals surface area contributed by atoms with Crippen LogP contribution in [0.5, 0.6) is 0 Å². The molecule has 5 heteroatoms. The van der Waals surface area contributed by atoms with E-state index in [1.807, 2.05) is 12.3 Å². The summed E-state index contributed by atoms with van der Waals surface area (Å²) in [5, 5.41) is 0. The number of benzene rings is 1. The Balaban J connectivity index is 1.62. The molecule has 2 aromatic rings. The number of H-pyrrole nitrogens is 1. The van der Waals surface area contributed by atoms with Crippen LogP contribution in [0.1, 0.15) is 11.4 Å². The van der Waals surface area contributed by atoms with Crippen LogP contribution < -0.4 is 0 Å². The lowest BCUT2D eigenvalue weighted by molar-refractivity contribution is 0.121. The highest BCUT2D eigenvalue weighted by Crippen LogP contribution is 2.16. The van der Waals surface area contributed by atoms with Gasteiger partial charge in [0, 0.05) is 25.5 Å². The van der Waals surface area contributed by atoms with Gasteiger partial charge in [-0.15, -0.1) is 0 Å². The molecule has 0 amide bonds. The van der Waals surface area contributed by atoms with Crippen molar-refractivity contribution in [3.63, 3.8) is 0 Å². The Labute approximate surface area is 124 Å². The van der Waals surface area contributed by atoms with Crippen LogP contribution in [0.3, 0.4) is 0 Å². The Morgan fingerprint density at radius 1 is 1.43 bits per heavy atom. The van der Waals surface area contributed by atoms with Gasteiger partial charge in [-0.1, -0.05) is 12.1 Å². The lowest BCUT2D eigenvalue weighted by Crippen LogP contribution is -2.30. The molecule has 1 saturated heterocycles. The highest BCUT2D eigenvalue weighted by Gasteiger charge is 2.19. The third-order valence-electron chi connectivity index (χ3n) is 3.76. The zero-order valence-electron chi connectivity index (χ0n) is 12.0. The van der Waals surface area contributed by atoms with E-state index in [1.165, 1.54) is 6.07 Å². The molecule has 21 heavy (non-hydrogen) atoms. The van der Waals surface area contributed by atoms with Crippen LogP contribution >= 0.6 is 0 Å². The highest BCUT2D eigenvalue weighted by molar-refractivity contribution is 5.17. The first-order chi connectivity index (χ1) is 10.3.